The Balaban J connectivity index is 1.50. The summed E-state index contributed by atoms with van der Waals surface area (Å²) >= 11 is 0. The quantitative estimate of drug-likeness (QED) is 0.270. The van der Waals surface area contributed by atoms with Gasteiger partial charge < -0.3 is 35.1 Å². The third kappa shape index (κ3) is 4.95. The molecule has 0 aliphatic rings. The van der Waals surface area contributed by atoms with Crippen molar-refractivity contribution in [3.63, 3.8) is 0 Å². The average molecular weight is 477 g/mol. The Morgan fingerprint density at radius 2 is 1.83 bits per heavy atom. The van der Waals surface area contributed by atoms with Crippen LogP contribution in [0.5, 0.6) is 5.75 Å². The molecule has 0 atom stereocenters. The largest absolute Gasteiger partial charge is 0.494 e. The second-order valence-corrected chi connectivity index (χ2v) is 7.38. The summed E-state index contributed by atoms with van der Waals surface area (Å²) in [6, 6.07) is 10.2. The van der Waals surface area contributed by atoms with Crippen molar-refractivity contribution in [2.24, 2.45) is 0 Å². The zero-order valence-electron chi connectivity index (χ0n) is 18.2. The van der Waals surface area contributed by atoms with Crippen LogP contribution >= 0.6 is 0 Å². The number of anilines is 1. The number of ether oxygens (including phenoxy) is 1. The third-order valence-corrected chi connectivity index (χ3v) is 5.07. The number of benzene rings is 2. The van der Waals surface area contributed by atoms with Crippen LogP contribution in [0.4, 0.5) is 10.5 Å². The molecule has 0 bridgehead atoms. The van der Waals surface area contributed by atoms with E-state index >= 15 is 0 Å². The minimum atomic E-state index is -1.43. The van der Waals surface area contributed by atoms with E-state index < -0.39 is 29.2 Å². The third-order valence-electron chi connectivity index (χ3n) is 5.07. The minimum absolute atomic E-state index is 0.113. The molecule has 2 heterocycles. The van der Waals surface area contributed by atoms with Crippen LogP contribution < -0.4 is 20.9 Å². The van der Waals surface area contributed by atoms with Crippen molar-refractivity contribution in [3.05, 3.63) is 82.0 Å². The number of H-pyrrole nitrogens is 1. The summed E-state index contributed by atoms with van der Waals surface area (Å²) in [6.07, 6.45) is 3.47. The molecular formula is C23H19N5O7. The lowest BCUT2D eigenvalue weighted by Crippen LogP contribution is -2.28. The summed E-state index contributed by atoms with van der Waals surface area (Å²) in [6.45, 7) is 0.191. The van der Waals surface area contributed by atoms with Crippen molar-refractivity contribution in [1.29, 1.82) is 0 Å². The van der Waals surface area contributed by atoms with E-state index in [-0.39, 0.29) is 17.6 Å². The molecule has 0 spiro atoms. The van der Waals surface area contributed by atoms with Gasteiger partial charge in [-0.25, -0.2) is 19.4 Å². The van der Waals surface area contributed by atoms with Crippen LogP contribution in [0.1, 0.15) is 26.4 Å². The standard InChI is InChI=1S/C23H19N5O7/c1-35-18-9-16-15(26-19(22(32)33)20(29)27-16)8-17(18)28-7-6-12(11-28)10-24-23(34)25-14-4-2-13(3-5-14)21(30)31/h2-9,11H,10H2,1H3,(H,27,29)(H,30,31)(H,32,33)(H2,24,25,34). The predicted octanol–water partition coefficient (Wildman–Crippen LogP) is 2.44. The SMILES string of the molecule is COc1cc2[nH]c(=O)c(C(=O)O)nc2cc1-n1ccc(CNC(=O)Nc2ccc(C(=O)O)cc2)c1. The number of aromatic carboxylic acids is 2. The summed E-state index contributed by atoms with van der Waals surface area (Å²) in [5.74, 6) is -2.08. The number of amides is 2. The predicted molar refractivity (Wildman–Crippen MR) is 124 cm³/mol. The molecule has 12 nitrogen and oxygen atoms in total. The molecule has 4 rings (SSSR count). The van der Waals surface area contributed by atoms with Gasteiger partial charge in [-0.3, -0.25) is 4.79 Å². The van der Waals surface area contributed by atoms with Gasteiger partial charge in [0, 0.05) is 30.7 Å². The van der Waals surface area contributed by atoms with E-state index in [0.717, 1.165) is 5.56 Å². The highest BCUT2D eigenvalue weighted by Gasteiger charge is 2.15. The highest BCUT2D eigenvalue weighted by molar-refractivity contribution is 5.91. The maximum Gasteiger partial charge on any atom is 0.360 e. The lowest BCUT2D eigenvalue weighted by atomic mass is 10.2. The smallest absolute Gasteiger partial charge is 0.360 e. The first-order chi connectivity index (χ1) is 16.7. The van der Waals surface area contributed by atoms with Gasteiger partial charge in [-0.1, -0.05) is 0 Å². The molecule has 4 aromatic rings. The molecule has 0 aliphatic heterocycles. The number of hydrogen-bond donors (Lipinski definition) is 5. The van der Waals surface area contributed by atoms with E-state index in [1.54, 1.807) is 35.2 Å². The maximum absolute atomic E-state index is 12.2. The van der Waals surface area contributed by atoms with Gasteiger partial charge in [0.2, 0.25) is 5.69 Å². The Kier molecular flexibility index (Phi) is 6.18. The van der Waals surface area contributed by atoms with Crippen molar-refractivity contribution in [1.82, 2.24) is 19.9 Å². The summed E-state index contributed by atoms with van der Waals surface area (Å²) in [7, 11) is 1.46. The molecule has 0 unspecified atom stereocenters. The lowest BCUT2D eigenvalue weighted by molar-refractivity contribution is 0.0681. The molecule has 2 aromatic carbocycles. The highest BCUT2D eigenvalue weighted by atomic mass is 16.5. The van der Waals surface area contributed by atoms with Gasteiger partial charge in [-0.15, -0.1) is 0 Å². The van der Waals surface area contributed by atoms with Crippen LogP contribution in [0, 0.1) is 0 Å². The number of nitrogens with one attached hydrogen (secondary N) is 3. The molecule has 0 fully saturated rings. The van der Waals surface area contributed by atoms with Gasteiger partial charge in [0.25, 0.3) is 5.56 Å². The fourth-order valence-corrected chi connectivity index (χ4v) is 3.36. The zero-order chi connectivity index (χ0) is 25.1. The fourth-order valence-electron chi connectivity index (χ4n) is 3.36. The molecule has 0 saturated heterocycles. The Hall–Kier alpha value is -5.13. The van der Waals surface area contributed by atoms with Crippen molar-refractivity contribution in [3.8, 4) is 11.4 Å². The van der Waals surface area contributed by atoms with Crippen molar-refractivity contribution >= 4 is 34.7 Å². The van der Waals surface area contributed by atoms with E-state index in [0.29, 0.717) is 22.6 Å². The van der Waals surface area contributed by atoms with E-state index in [1.807, 2.05) is 0 Å². The van der Waals surface area contributed by atoms with E-state index in [2.05, 4.69) is 20.6 Å². The molecule has 5 N–H and O–H groups in total. The van der Waals surface area contributed by atoms with E-state index in [9.17, 15) is 24.3 Å². The van der Waals surface area contributed by atoms with Crippen LogP contribution in [-0.4, -0.2) is 49.8 Å². The number of carboxylic acid groups (broad SMARTS) is 2. The molecule has 0 radical (unpaired) electrons. The van der Waals surface area contributed by atoms with Crippen molar-refractivity contribution in [2.45, 2.75) is 6.54 Å². The molecule has 0 saturated carbocycles. The Morgan fingerprint density at radius 3 is 2.49 bits per heavy atom. The first-order valence-electron chi connectivity index (χ1n) is 10.2. The number of aromatic nitrogens is 3. The second kappa shape index (κ2) is 9.39. The van der Waals surface area contributed by atoms with Gasteiger partial charge in [-0.05, 0) is 42.0 Å². The van der Waals surface area contributed by atoms with Gasteiger partial charge in [0.15, 0.2) is 0 Å². The topological polar surface area (TPSA) is 176 Å². The zero-order valence-corrected chi connectivity index (χ0v) is 18.2. The Morgan fingerprint density at radius 1 is 1.09 bits per heavy atom. The van der Waals surface area contributed by atoms with Crippen molar-refractivity contribution in [2.75, 3.05) is 12.4 Å². The number of carboxylic acids is 2. The minimum Gasteiger partial charge on any atom is -0.494 e. The summed E-state index contributed by atoms with van der Waals surface area (Å²) in [4.78, 5) is 52.7. The van der Waals surface area contributed by atoms with Crippen LogP contribution in [0.2, 0.25) is 0 Å². The number of methoxy groups -OCH3 is 1. The molecule has 35 heavy (non-hydrogen) atoms. The molecule has 178 valence electrons. The second-order valence-electron chi connectivity index (χ2n) is 7.38. The Labute approximate surface area is 196 Å². The van der Waals surface area contributed by atoms with Crippen LogP contribution in [0.25, 0.3) is 16.7 Å². The number of hydrogen-bond acceptors (Lipinski definition) is 6. The number of aromatic amines is 1. The number of carbonyl (C=O) groups is 3. The lowest BCUT2D eigenvalue weighted by Gasteiger charge is -2.11. The normalized spacial score (nSPS) is 10.7. The average Bonchev–Trinajstić information content (AvgIpc) is 3.30. The van der Waals surface area contributed by atoms with Gasteiger partial charge >= 0.3 is 18.0 Å². The number of carbonyl (C=O) groups excluding carboxylic acids is 1. The maximum atomic E-state index is 12.2. The fraction of sp³-hybridized carbons (Fsp3) is 0.0870. The van der Waals surface area contributed by atoms with Crippen LogP contribution in [0.15, 0.2) is 59.7 Å². The monoisotopic (exact) mass is 477 g/mol. The molecule has 0 aliphatic carbocycles. The molecular weight excluding hydrogens is 458 g/mol. The molecule has 12 heteroatoms. The molecule has 2 amide bonds. The highest BCUT2D eigenvalue weighted by Crippen LogP contribution is 2.27. The van der Waals surface area contributed by atoms with Gasteiger partial charge in [-0.2, -0.15) is 0 Å². The number of urea groups is 1. The number of rotatable bonds is 7. The summed E-state index contributed by atoms with van der Waals surface area (Å²) in [5, 5.41) is 23.4. The summed E-state index contributed by atoms with van der Waals surface area (Å²) in [5.41, 5.74) is 1.01. The summed E-state index contributed by atoms with van der Waals surface area (Å²) < 4.78 is 7.13. The van der Waals surface area contributed by atoms with Crippen molar-refractivity contribution < 1.29 is 29.3 Å². The van der Waals surface area contributed by atoms with E-state index in [4.69, 9.17) is 9.84 Å². The van der Waals surface area contributed by atoms with Crippen LogP contribution in [-0.2, 0) is 6.54 Å². The number of fused-ring (bicyclic) bond motifs is 1. The van der Waals surface area contributed by atoms with Crippen LogP contribution in [0.3, 0.4) is 0 Å². The number of nitrogens with zero attached hydrogens (tertiary/aromatic N) is 2. The Bertz CT molecular complexity index is 1510. The first-order valence-corrected chi connectivity index (χ1v) is 10.2. The van der Waals surface area contributed by atoms with Gasteiger partial charge in [0.1, 0.15) is 5.75 Å². The first kappa shape index (κ1) is 23.0. The molecule has 2 aromatic heterocycles. The van der Waals surface area contributed by atoms with Gasteiger partial charge in [0.05, 0.1) is 29.4 Å². The van der Waals surface area contributed by atoms with E-state index in [1.165, 1.54) is 31.4 Å².